The Bertz CT molecular complexity index is 640. The number of hydrogen-bond donors (Lipinski definition) is 0. The number of benzene rings is 1. The monoisotopic (exact) mass is 291 g/mol. The van der Waals surface area contributed by atoms with Crippen molar-refractivity contribution in [1.29, 1.82) is 0 Å². The number of Topliss-reactive ketones (excluding diaryl/α,β-unsaturated/α-hetero) is 1. The number of aryl methyl sites for hydroxylation is 1. The average Bonchev–Trinajstić information content (AvgIpc) is 2.76. The van der Waals surface area contributed by atoms with Crippen molar-refractivity contribution in [2.75, 3.05) is 0 Å². The second kappa shape index (κ2) is 5.44. The highest BCUT2D eigenvalue weighted by molar-refractivity contribution is 7.09. The van der Waals surface area contributed by atoms with E-state index in [1.54, 1.807) is 19.1 Å². The van der Waals surface area contributed by atoms with E-state index in [1.165, 1.54) is 17.4 Å². The highest BCUT2D eigenvalue weighted by Gasteiger charge is 2.19. The van der Waals surface area contributed by atoms with Crippen LogP contribution < -0.4 is 0 Å². The molecular formula is C16H18FNOS. The fraction of sp³-hybridized carbons (Fsp3) is 0.375. The fourth-order valence-electron chi connectivity index (χ4n) is 1.82. The lowest BCUT2D eigenvalue weighted by Crippen LogP contribution is -2.12. The number of hydrogen-bond acceptors (Lipinski definition) is 3. The van der Waals surface area contributed by atoms with Crippen molar-refractivity contribution >= 4 is 17.1 Å². The van der Waals surface area contributed by atoms with E-state index in [0.717, 1.165) is 16.3 Å². The van der Waals surface area contributed by atoms with Crippen LogP contribution >= 0.6 is 11.3 Å². The first kappa shape index (κ1) is 14.9. The molecule has 0 N–H and O–H groups in total. The van der Waals surface area contributed by atoms with E-state index in [1.807, 2.05) is 5.38 Å². The van der Waals surface area contributed by atoms with Crippen LogP contribution in [-0.4, -0.2) is 10.8 Å². The maximum absolute atomic E-state index is 13.8. The zero-order chi connectivity index (χ0) is 14.9. The van der Waals surface area contributed by atoms with Gasteiger partial charge in [-0.25, -0.2) is 9.37 Å². The van der Waals surface area contributed by atoms with Crippen LogP contribution in [0.1, 0.15) is 47.4 Å². The highest BCUT2D eigenvalue weighted by Crippen LogP contribution is 2.24. The van der Waals surface area contributed by atoms with Crippen molar-refractivity contribution < 1.29 is 9.18 Å². The molecule has 2 aromatic rings. The van der Waals surface area contributed by atoms with Gasteiger partial charge >= 0.3 is 0 Å². The summed E-state index contributed by atoms with van der Waals surface area (Å²) in [5, 5.41) is 2.70. The van der Waals surface area contributed by atoms with E-state index >= 15 is 0 Å². The van der Waals surface area contributed by atoms with Crippen molar-refractivity contribution in [3.63, 3.8) is 0 Å². The molecule has 0 atom stereocenters. The standard InChI is InChI=1S/C16H18FNOS/c1-10-5-6-11(12(17)7-10)13(19)8-15-18-14(9-20-15)16(2,3)4/h5-7,9H,8H2,1-4H3. The van der Waals surface area contributed by atoms with Gasteiger partial charge in [0.2, 0.25) is 0 Å². The number of halogens is 1. The molecule has 0 saturated heterocycles. The largest absolute Gasteiger partial charge is 0.294 e. The molecule has 106 valence electrons. The first-order chi connectivity index (χ1) is 9.27. The molecule has 20 heavy (non-hydrogen) atoms. The van der Waals surface area contributed by atoms with Gasteiger partial charge in [0.15, 0.2) is 5.78 Å². The molecule has 0 unspecified atom stereocenters. The summed E-state index contributed by atoms with van der Waals surface area (Å²) in [7, 11) is 0. The molecule has 0 aliphatic carbocycles. The van der Waals surface area contributed by atoms with Gasteiger partial charge in [0.1, 0.15) is 10.8 Å². The summed E-state index contributed by atoms with van der Waals surface area (Å²) < 4.78 is 13.8. The molecule has 0 aliphatic heterocycles. The highest BCUT2D eigenvalue weighted by atomic mass is 32.1. The minimum atomic E-state index is -0.456. The molecule has 0 fully saturated rings. The SMILES string of the molecule is Cc1ccc(C(=O)Cc2nc(C(C)(C)C)cs2)c(F)c1. The molecular weight excluding hydrogens is 273 g/mol. The Morgan fingerprint density at radius 3 is 2.60 bits per heavy atom. The van der Waals surface area contributed by atoms with E-state index < -0.39 is 5.82 Å². The lowest BCUT2D eigenvalue weighted by Gasteiger charge is -2.14. The molecule has 1 aromatic heterocycles. The van der Waals surface area contributed by atoms with Gasteiger partial charge in [-0.15, -0.1) is 11.3 Å². The van der Waals surface area contributed by atoms with Gasteiger partial charge in [-0.2, -0.15) is 0 Å². The minimum Gasteiger partial charge on any atom is -0.294 e. The molecule has 2 rings (SSSR count). The molecule has 0 amide bonds. The summed E-state index contributed by atoms with van der Waals surface area (Å²) in [6, 6.07) is 4.68. The van der Waals surface area contributed by atoms with Crippen molar-refractivity contribution in [3.05, 3.63) is 51.2 Å². The van der Waals surface area contributed by atoms with Gasteiger partial charge in [-0.3, -0.25) is 4.79 Å². The summed E-state index contributed by atoms with van der Waals surface area (Å²) in [4.78, 5) is 16.6. The summed E-state index contributed by atoms with van der Waals surface area (Å²) in [5.41, 5.74) is 1.88. The molecule has 2 nitrogen and oxygen atoms in total. The van der Waals surface area contributed by atoms with Gasteiger partial charge in [-0.05, 0) is 24.6 Å². The molecule has 0 bridgehead atoms. The maximum atomic E-state index is 13.8. The molecule has 1 aromatic carbocycles. The van der Waals surface area contributed by atoms with E-state index in [0.29, 0.717) is 0 Å². The van der Waals surface area contributed by atoms with Crippen molar-refractivity contribution in [2.24, 2.45) is 0 Å². The van der Waals surface area contributed by atoms with Crippen LogP contribution in [0.2, 0.25) is 0 Å². The van der Waals surface area contributed by atoms with Gasteiger partial charge in [0, 0.05) is 10.8 Å². The van der Waals surface area contributed by atoms with Crippen molar-refractivity contribution in [3.8, 4) is 0 Å². The van der Waals surface area contributed by atoms with Gasteiger partial charge < -0.3 is 0 Å². The van der Waals surface area contributed by atoms with Gasteiger partial charge in [0.25, 0.3) is 0 Å². The van der Waals surface area contributed by atoms with Crippen LogP contribution in [0.4, 0.5) is 4.39 Å². The first-order valence-corrected chi connectivity index (χ1v) is 7.39. The van der Waals surface area contributed by atoms with E-state index in [2.05, 4.69) is 25.8 Å². The third kappa shape index (κ3) is 3.31. The lowest BCUT2D eigenvalue weighted by molar-refractivity contribution is 0.0989. The van der Waals surface area contributed by atoms with Gasteiger partial charge in [0.05, 0.1) is 17.7 Å². The maximum Gasteiger partial charge on any atom is 0.172 e. The molecule has 4 heteroatoms. The average molecular weight is 291 g/mol. The topological polar surface area (TPSA) is 30.0 Å². The summed E-state index contributed by atoms with van der Waals surface area (Å²) in [6.07, 6.45) is 0.153. The Morgan fingerprint density at radius 1 is 1.35 bits per heavy atom. The Kier molecular flexibility index (Phi) is 4.04. The third-order valence-corrected chi connectivity index (χ3v) is 3.91. The Hall–Kier alpha value is -1.55. The number of rotatable bonds is 3. The second-order valence-electron chi connectivity index (χ2n) is 5.96. The van der Waals surface area contributed by atoms with Crippen LogP contribution in [0.15, 0.2) is 23.6 Å². The Labute approximate surface area is 122 Å². The fourth-order valence-corrected chi connectivity index (χ4v) is 2.83. The molecule has 0 aliphatic rings. The minimum absolute atomic E-state index is 0.0348. The van der Waals surface area contributed by atoms with E-state index in [9.17, 15) is 9.18 Å². The van der Waals surface area contributed by atoms with E-state index in [4.69, 9.17) is 0 Å². The van der Waals surface area contributed by atoms with Crippen LogP contribution in [0.3, 0.4) is 0 Å². The molecule has 0 radical (unpaired) electrons. The zero-order valence-corrected chi connectivity index (χ0v) is 13.0. The number of aromatic nitrogens is 1. The zero-order valence-electron chi connectivity index (χ0n) is 12.2. The Morgan fingerprint density at radius 2 is 2.05 bits per heavy atom. The first-order valence-electron chi connectivity index (χ1n) is 6.51. The number of thiazole rings is 1. The van der Waals surface area contributed by atoms with Crippen molar-refractivity contribution in [1.82, 2.24) is 4.98 Å². The lowest BCUT2D eigenvalue weighted by atomic mass is 9.93. The number of carbonyl (C=O) groups excluding carboxylic acids is 1. The quantitative estimate of drug-likeness (QED) is 0.789. The predicted octanol–water partition coefficient (Wildman–Crippen LogP) is 4.31. The smallest absolute Gasteiger partial charge is 0.172 e. The van der Waals surface area contributed by atoms with Crippen LogP contribution in [0.25, 0.3) is 0 Å². The summed E-state index contributed by atoms with van der Waals surface area (Å²) in [5.74, 6) is -0.681. The summed E-state index contributed by atoms with van der Waals surface area (Å²) >= 11 is 1.45. The van der Waals surface area contributed by atoms with Crippen LogP contribution in [-0.2, 0) is 11.8 Å². The number of carbonyl (C=O) groups is 1. The van der Waals surface area contributed by atoms with Crippen molar-refractivity contribution in [2.45, 2.75) is 39.5 Å². The van der Waals surface area contributed by atoms with Gasteiger partial charge in [-0.1, -0.05) is 26.8 Å². The molecule has 1 heterocycles. The van der Waals surface area contributed by atoms with Crippen LogP contribution in [0.5, 0.6) is 0 Å². The Balaban J connectivity index is 2.17. The normalized spacial score (nSPS) is 11.7. The summed E-state index contributed by atoms with van der Waals surface area (Å²) in [6.45, 7) is 8.03. The predicted molar refractivity (Wildman–Crippen MR) is 80.0 cm³/mol. The number of ketones is 1. The van der Waals surface area contributed by atoms with E-state index in [-0.39, 0.29) is 23.2 Å². The third-order valence-electron chi connectivity index (χ3n) is 3.06. The second-order valence-corrected chi connectivity index (χ2v) is 6.90. The molecule has 0 saturated carbocycles. The van der Waals surface area contributed by atoms with Crippen LogP contribution in [0, 0.1) is 12.7 Å². The number of nitrogens with zero attached hydrogens (tertiary/aromatic N) is 1. The molecule has 0 spiro atoms.